The first-order valence-electron chi connectivity index (χ1n) is 8.75. The Hall–Kier alpha value is -1.90. The summed E-state index contributed by atoms with van der Waals surface area (Å²) in [4.78, 5) is 16.3. The van der Waals surface area contributed by atoms with Crippen molar-refractivity contribution in [1.29, 1.82) is 5.26 Å². The number of rotatable bonds is 4. The van der Waals surface area contributed by atoms with Crippen molar-refractivity contribution in [1.82, 2.24) is 9.80 Å². The molecule has 3 rings (SSSR count). The van der Waals surface area contributed by atoms with Crippen molar-refractivity contribution >= 4 is 5.91 Å². The number of hydrogen-bond acceptors (Lipinski definition) is 4. The van der Waals surface area contributed by atoms with Gasteiger partial charge in [0.1, 0.15) is 0 Å². The van der Waals surface area contributed by atoms with Crippen LogP contribution in [0, 0.1) is 16.7 Å². The monoisotopic (exact) mass is 327 g/mol. The molecule has 2 fully saturated rings. The first-order valence-corrected chi connectivity index (χ1v) is 8.75. The maximum Gasteiger partial charge on any atom is 0.222 e. The Balaban J connectivity index is 1.70. The quantitative estimate of drug-likeness (QED) is 0.915. The second kappa shape index (κ2) is 7.33. The Morgan fingerprint density at radius 1 is 1.25 bits per heavy atom. The minimum atomic E-state index is 0.0288. The van der Waals surface area contributed by atoms with Crippen molar-refractivity contribution in [3.8, 4) is 6.07 Å². The highest BCUT2D eigenvalue weighted by molar-refractivity contribution is 5.77. The highest BCUT2D eigenvalue weighted by atomic mass is 16.3. The van der Waals surface area contributed by atoms with Crippen molar-refractivity contribution < 1.29 is 9.90 Å². The van der Waals surface area contributed by atoms with Crippen molar-refractivity contribution in [3.63, 3.8) is 0 Å². The Labute approximate surface area is 143 Å². The van der Waals surface area contributed by atoms with Crippen LogP contribution in [0.1, 0.15) is 36.8 Å². The lowest BCUT2D eigenvalue weighted by Crippen LogP contribution is -2.54. The molecule has 1 atom stereocenters. The van der Waals surface area contributed by atoms with Gasteiger partial charge in [0.25, 0.3) is 0 Å². The van der Waals surface area contributed by atoms with Gasteiger partial charge in [-0.1, -0.05) is 18.2 Å². The van der Waals surface area contributed by atoms with Gasteiger partial charge in [0.2, 0.25) is 5.91 Å². The summed E-state index contributed by atoms with van der Waals surface area (Å²) < 4.78 is 0. The number of carbonyl (C=O) groups excluding carboxylic acids is 1. The van der Waals surface area contributed by atoms with E-state index >= 15 is 0 Å². The zero-order chi connectivity index (χ0) is 17.0. The van der Waals surface area contributed by atoms with Gasteiger partial charge in [-0.15, -0.1) is 0 Å². The molecule has 2 aliphatic heterocycles. The molecule has 0 bridgehead atoms. The summed E-state index contributed by atoms with van der Waals surface area (Å²) in [7, 11) is 0. The number of carbonyl (C=O) groups is 1. The SMILES string of the molecule is N#Cc1ccccc1CN1CCC[C@@]2(CCC(=O)N(CCO)C2)C1. The molecule has 5 nitrogen and oxygen atoms in total. The van der Waals surface area contributed by atoms with E-state index in [0.717, 1.165) is 56.6 Å². The fraction of sp³-hybridized carbons (Fsp3) is 0.579. The molecule has 2 heterocycles. The molecule has 1 aromatic rings. The van der Waals surface area contributed by atoms with E-state index in [0.29, 0.717) is 13.0 Å². The van der Waals surface area contributed by atoms with E-state index in [1.807, 2.05) is 29.2 Å². The molecule has 2 aliphatic rings. The number of nitrogens with zero attached hydrogens (tertiary/aromatic N) is 3. The summed E-state index contributed by atoms with van der Waals surface area (Å²) in [5, 5.41) is 18.5. The number of hydrogen-bond donors (Lipinski definition) is 1. The van der Waals surface area contributed by atoms with Crippen LogP contribution in [0.15, 0.2) is 24.3 Å². The third-order valence-corrected chi connectivity index (χ3v) is 5.39. The fourth-order valence-electron chi connectivity index (χ4n) is 4.21. The van der Waals surface area contributed by atoms with Crippen LogP contribution >= 0.6 is 0 Å². The second-order valence-electron chi connectivity index (χ2n) is 7.12. The second-order valence-corrected chi connectivity index (χ2v) is 7.12. The molecule has 0 radical (unpaired) electrons. The van der Waals surface area contributed by atoms with Crippen molar-refractivity contribution in [2.24, 2.45) is 5.41 Å². The average Bonchev–Trinajstić information content (AvgIpc) is 2.59. The van der Waals surface area contributed by atoms with Crippen LogP contribution in [-0.4, -0.2) is 53.6 Å². The first kappa shape index (κ1) is 16.9. The molecule has 1 N–H and O–H groups in total. The minimum absolute atomic E-state index is 0.0288. The lowest BCUT2D eigenvalue weighted by atomic mass is 9.73. The normalized spacial score (nSPS) is 25.0. The summed E-state index contributed by atoms with van der Waals surface area (Å²) in [6.07, 6.45) is 3.78. The Morgan fingerprint density at radius 3 is 2.88 bits per heavy atom. The van der Waals surface area contributed by atoms with E-state index in [2.05, 4.69) is 11.0 Å². The summed E-state index contributed by atoms with van der Waals surface area (Å²) in [5.41, 5.74) is 1.97. The molecule has 0 aliphatic carbocycles. The average molecular weight is 327 g/mol. The van der Waals surface area contributed by atoms with Gasteiger partial charge in [-0.2, -0.15) is 5.26 Å². The molecule has 1 aromatic carbocycles. The van der Waals surface area contributed by atoms with Crippen molar-refractivity contribution in [3.05, 3.63) is 35.4 Å². The molecule has 1 amide bonds. The molecule has 2 saturated heterocycles. The number of aliphatic hydroxyl groups is 1. The molecule has 24 heavy (non-hydrogen) atoms. The number of aliphatic hydroxyl groups excluding tert-OH is 1. The number of nitriles is 1. The molecular formula is C19H25N3O2. The van der Waals surface area contributed by atoms with Gasteiger partial charge in [0.15, 0.2) is 0 Å². The van der Waals surface area contributed by atoms with E-state index in [-0.39, 0.29) is 17.9 Å². The first-order chi connectivity index (χ1) is 11.7. The highest BCUT2D eigenvalue weighted by Crippen LogP contribution is 2.39. The van der Waals surface area contributed by atoms with Crippen LogP contribution in [-0.2, 0) is 11.3 Å². The van der Waals surface area contributed by atoms with Crippen LogP contribution in [0.5, 0.6) is 0 Å². The molecular weight excluding hydrogens is 302 g/mol. The van der Waals surface area contributed by atoms with Crippen molar-refractivity contribution in [2.75, 3.05) is 32.8 Å². The van der Waals surface area contributed by atoms with E-state index < -0.39 is 0 Å². The maximum atomic E-state index is 12.0. The van der Waals surface area contributed by atoms with Crippen LogP contribution in [0.25, 0.3) is 0 Å². The third-order valence-electron chi connectivity index (χ3n) is 5.39. The molecule has 1 spiro atoms. The molecule has 0 aromatic heterocycles. The number of piperidine rings is 2. The van der Waals surface area contributed by atoms with Crippen LogP contribution in [0.4, 0.5) is 0 Å². The predicted octanol–water partition coefficient (Wildman–Crippen LogP) is 1.76. The van der Waals surface area contributed by atoms with Gasteiger partial charge < -0.3 is 10.0 Å². The smallest absolute Gasteiger partial charge is 0.222 e. The van der Waals surface area contributed by atoms with E-state index in [1.165, 1.54) is 0 Å². The zero-order valence-corrected chi connectivity index (χ0v) is 14.1. The van der Waals surface area contributed by atoms with Crippen molar-refractivity contribution in [2.45, 2.75) is 32.2 Å². The van der Waals surface area contributed by atoms with E-state index in [4.69, 9.17) is 0 Å². The van der Waals surface area contributed by atoms with Gasteiger partial charge in [-0.25, -0.2) is 0 Å². The van der Waals surface area contributed by atoms with Gasteiger partial charge >= 0.3 is 0 Å². The molecule has 0 saturated carbocycles. The van der Waals surface area contributed by atoms with Crippen LogP contribution < -0.4 is 0 Å². The maximum absolute atomic E-state index is 12.0. The summed E-state index contributed by atoms with van der Waals surface area (Å²) >= 11 is 0. The van der Waals surface area contributed by atoms with Gasteiger partial charge in [-0.05, 0) is 37.4 Å². The van der Waals surface area contributed by atoms with Crippen LogP contribution in [0.3, 0.4) is 0 Å². The summed E-state index contributed by atoms with van der Waals surface area (Å²) in [6, 6.07) is 10.1. The topological polar surface area (TPSA) is 67.6 Å². The Bertz CT molecular complexity index is 640. The zero-order valence-electron chi connectivity index (χ0n) is 14.1. The Morgan fingerprint density at radius 2 is 2.08 bits per heavy atom. The number of likely N-dealkylation sites (tertiary alicyclic amines) is 2. The van der Waals surface area contributed by atoms with Gasteiger partial charge in [0, 0.05) is 38.0 Å². The largest absolute Gasteiger partial charge is 0.395 e. The van der Waals surface area contributed by atoms with E-state index in [1.54, 1.807) is 0 Å². The Kier molecular flexibility index (Phi) is 5.17. The molecule has 128 valence electrons. The lowest BCUT2D eigenvalue weighted by Gasteiger charge is -2.48. The summed E-state index contributed by atoms with van der Waals surface area (Å²) in [6.45, 7) is 4.01. The van der Waals surface area contributed by atoms with Gasteiger partial charge in [-0.3, -0.25) is 9.69 Å². The summed E-state index contributed by atoms with van der Waals surface area (Å²) in [5.74, 6) is 0.168. The number of amides is 1. The predicted molar refractivity (Wildman–Crippen MR) is 91.0 cm³/mol. The minimum Gasteiger partial charge on any atom is -0.395 e. The van der Waals surface area contributed by atoms with E-state index in [9.17, 15) is 15.2 Å². The number of benzene rings is 1. The van der Waals surface area contributed by atoms with Gasteiger partial charge in [0.05, 0.1) is 18.2 Å². The highest BCUT2D eigenvalue weighted by Gasteiger charge is 2.41. The molecule has 5 heteroatoms. The molecule has 0 unspecified atom stereocenters. The van der Waals surface area contributed by atoms with Crippen LogP contribution in [0.2, 0.25) is 0 Å². The third kappa shape index (κ3) is 3.61. The standard InChI is InChI=1S/C19H25N3O2/c20-12-16-4-1-2-5-17(16)13-21-9-3-7-19(14-21)8-6-18(24)22(15-19)10-11-23/h1-2,4-5,23H,3,6-11,13-15H2/t19-/m1/s1. The number of β-amino-alcohol motifs (C(OH)–C–C–N with tert-alkyl or cyclic N) is 1. The fourth-order valence-corrected chi connectivity index (χ4v) is 4.21. The lowest BCUT2D eigenvalue weighted by molar-refractivity contribution is -0.140.